The first-order chi connectivity index (χ1) is 6.83. The summed E-state index contributed by atoms with van der Waals surface area (Å²) in [6.45, 7) is 4.86. The molecule has 2 nitrogen and oxygen atoms in total. The molecule has 2 rings (SSSR count). The van der Waals surface area contributed by atoms with Gasteiger partial charge in [0.15, 0.2) is 0 Å². The van der Waals surface area contributed by atoms with Crippen LogP contribution in [0.3, 0.4) is 0 Å². The van der Waals surface area contributed by atoms with Gasteiger partial charge in [0.25, 0.3) is 0 Å². The summed E-state index contributed by atoms with van der Waals surface area (Å²) in [6.07, 6.45) is 8.26. The molecule has 0 spiro atoms. The fraction of sp³-hybridized carbons (Fsp3) is 1.00. The van der Waals surface area contributed by atoms with Gasteiger partial charge in [-0.2, -0.15) is 0 Å². The molecule has 2 bridgehead atoms. The van der Waals surface area contributed by atoms with E-state index in [1.807, 2.05) is 0 Å². The van der Waals surface area contributed by atoms with Crippen LogP contribution < -0.4 is 5.73 Å². The van der Waals surface area contributed by atoms with Crippen LogP contribution in [0.2, 0.25) is 0 Å². The molecule has 0 amide bonds. The second-order valence-electron chi connectivity index (χ2n) is 5.04. The van der Waals surface area contributed by atoms with Crippen molar-refractivity contribution in [2.45, 2.75) is 57.5 Å². The third-order valence-electron chi connectivity index (χ3n) is 4.06. The minimum Gasteiger partial charge on any atom is -0.326 e. The summed E-state index contributed by atoms with van der Waals surface area (Å²) < 4.78 is 0. The van der Waals surface area contributed by atoms with E-state index >= 15 is 0 Å². The number of fused-ring (bicyclic) bond motifs is 2. The van der Waals surface area contributed by atoms with Crippen molar-refractivity contribution >= 4 is 0 Å². The van der Waals surface area contributed by atoms with Crippen LogP contribution in [0.4, 0.5) is 0 Å². The molecular formula is C12H24N2. The molecule has 1 saturated carbocycles. The average molecular weight is 196 g/mol. The maximum atomic E-state index is 6.16. The first-order valence-corrected chi connectivity index (χ1v) is 6.32. The lowest BCUT2D eigenvalue weighted by Crippen LogP contribution is -2.38. The molecule has 2 aliphatic rings. The highest BCUT2D eigenvalue weighted by Crippen LogP contribution is 2.36. The number of piperidine rings is 1. The number of nitrogens with zero attached hydrogens (tertiary/aromatic N) is 1. The molecule has 1 heterocycles. The molecule has 14 heavy (non-hydrogen) atoms. The van der Waals surface area contributed by atoms with E-state index in [-0.39, 0.29) is 0 Å². The van der Waals surface area contributed by atoms with Crippen molar-refractivity contribution in [2.24, 2.45) is 11.7 Å². The lowest BCUT2D eigenvalue weighted by Gasteiger charge is -2.26. The van der Waals surface area contributed by atoms with E-state index in [0.29, 0.717) is 6.04 Å². The van der Waals surface area contributed by atoms with Crippen molar-refractivity contribution in [3.05, 3.63) is 0 Å². The number of nitrogens with two attached hydrogens (primary N) is 1. The van der Waals surface area contributed by atoms with Gasteiger partial charge in [-0.05, 0) is 31.7 Å². The third kappa shape index (κ3) is 1.96. The maximum absolute atomic E-state index is 6.16. The number of unbranched alkanes of at least 4 members (excludes halogenated alkanes) is 3. The Labute approximate surface area is 87.8 Å². The van der Waals surface area contributed by atoms with Crippen LogP contribution in [0, 0.1) is 5.92 Å². The van der Waals surface area contributed by atoms with E-state index in [9.17, 15) is 0 Å². The molecule has 2 heteroatoms. The van der Waals surface area contributed by atoms with Crippen molar-refractivity contribution < 1.29 is 0 Å². The zero-order valence-corrected chi connectivity index (χ0v) is 9.41. The van der Waals surface area contributed by atoms with E-state index in [1.54, 1.807) is 0 Å². The molecule has 0 aromatic rings. The fourth-order valence-electron chi connectivity index (χ4n) is 3.16. The summed E-state index contributed by atoms with van der Waals surface area (Å²) in [5, 5.41) is 0. The van der Waals surface area contributed by atoms with Gasteiger partial charge in [-0.1, -0.05) is 26.2 Å². The fourth-order valence-corrected chi connectivity index (χ4v) is 3.16. The lowest BCUT2D eigenvalue weighted by molar-refractivity contribution is 0.207. The number of hydrogen-bond acceptors (Lipinski definition) is 2. The lowest BCUT2D eigenvalue weighted by atomic mass is 10.1. The summed E-state index contributed by atoms with van der Waals surface area (Å²) in [6, 6.07) is 1.24. The van der Waals surface area contributed by atoms with Gasteiger partial charge in [-0.3, -0.25) is 4.90 Å². The van der Waals surface area contributed by atoms with Gasteiger partial charge in [0.05, 0.1) is 0 Å². The van der Waals surface area contributed by atoms with Crippen LogP contribution in [0.15, 0.2) is 0 Å². The van der Waals surface area contributed by atoms with E-state index in [2.05, 4.69) is 11.8 Å². The summed E-state index contributed by atoms with van der Waals surface area (Å²) in [5.74, 6) is 0.825. The first-order valence-electron chi connectivity index (χ1n) is 6.32. The summed E-state index contributed by atoms with van der Waals surface area (Å²) in [4.78, 5) is 2.65. The summed E-state index contributed by atoms with van der Waals surface area (Å²) in [5.41, 5.74) is 6.16. The molecule has 3 unspecified atom stereocenters. The van der Waals surface area contributed by atoms with Crippen LogP contribution in [-0.4, -0.2) is 30.1 Å². The van der Waals surface area contributed by atoms with Crippen LogP contribution >= 0.6 is 0 Å². The molecule has 1 aliphatic carbocycles. The van der Waals surface area contributed by atoms with Gasteiger partial charge in [-0.25, -0.2) is 0 Å². The standard InChI is InChI=1S/C12H24N2/c1-2-3-4-5-8-14-9-10-6-7-11(14)12(10)13/h10-12H,2-9,13H2,1H3. The highest BCUT2D eigenvalue weighted by Gasteiger charge is 2.43. The molecule has 2 N–H and O–H groups in total. The Bertz CT molecular complexity index is 181. The van der Waals surface area contributed by atoms with Crippen LogP contribution in [-0.2, 0) is 0 Å². The van der Waals surface area contributed by atoms with E-state index in [0.717, 1.165) is 12.0 Å². The molecule has 1 saturated heterocycles. The second kappa shape index (κ2) is 4.63. The molecule has 1 aliphatic heterocycles. The Kier molecular flexibility index (Phi) is 3.45. The Hall–Kier alpha value is -0.0800. The maximum Gasteiger partial charge on any atom is 0.0250 e. The highest BCUT2D eigenvalue weighted by molar-refractivity contribution is 5.01. The minimum absolute atomic E-state index is 0.501. The van der Waals surface area contributed by atoms with Crippen molar-refractivity contribution in [3.8, 4) is 0 Å². The summed E-state index contributed by atoms with van der Waals surface area (Å²) in [7, 11) is 0. The SMILES string of the molecule is CCCCCCN1CC2CCC1C2N. The molecule has 0 aromatic heterocycles. The van der Waals surface area contributed by atoms with Crippen molar-refractivity contribution in [1.29, 1.82) is 0 Å². The van der Waals surface area contributed by atoms with Crippen molar-refractivity contribution in [2.75, 3.05) is 13.1 Å². The second-order valence-corrected chi connectivity index (χ2v) is 5.04. The van der Waals surface area contributed by atoms with Gasteiger partial charge in [0.1, 0.15) is 0 Å². The number of hydrogen-bond donors (Lipinski definition) is 1. The highest BCUT2D eigenvalue weighted by atomic mass is 15.2. The molecule has 82 valence electrons. The predicted octanol–water partition coefficient (Wildman–Crippen LogP) is 1.99. The van der Waals surface area contributed by atoms with Gasteiger partial charge in [-0.15, -0.1) is 0 Å². The van der Waals surface area contributed by atoms with E-state index < -0.39 is 0 Å². The zero-order valence-electron chi connectivity index (χ0n) is 9.41. The summed E-state index contributed by atoms with van der Waals surface area (Å²) >= 11 is 0. The van der Waals surface area contributed by atoms with Crippen molar-refractivity contribution in [3.63, 3.8) is 0 Å². The van der Waals surface area contributed by atoms with Crippen molar-refractivity contribution in [1.82, 2.24) is 4.90 Å². The molecule has 2 fully saturated rings. The Morgan fingerprint density at radius 1 is 1.21 bits per heavy atom. The molecule has 0 radical (unpaired) electrons. The largest absolute Gasteiger partial charge is 0.326 e. The first kappa shape index (κ1) is 10.4. The Morgan fingerprint density at radius 3 is 2.64 bits per heavy atom. The topological polar surface area (TPSA) is 29.3 Å². The van der Waals surface area contributed by atoms with Gasteiger partial charge in [0.2, 0.25) is 0 Å². The smallest absolute Gasteiger partial charge is 0.0250 e. The monoisotopic (exact) mass is 196 g/mol. The Balaban J connectivity index is 1.68. The molecule has 0 aromatic carbocycles. The Morgan fingerprint density at radius 2 is 2.07 bits per heavy atom. The number of likely N-dealkylation sites (tertiary alicyclic amines) is 1. The van der Waals surface area contributed by atoms with Gasteiger partial charge < -0.3 is 5.73 Å². The zero-order chi connectivity index (χ0) is 9.97. The molecular weight excluding hydrogens is 172 g/mol. The predicted molar refractivity (Wildman–Crippen MR) is 60.2 cm³/mol. The third-order valence-corrected chi connectivity index (χ3v) is 4.06. The van der Waals surface area contributed by atoms with Gasteiger partial charge >= 0.3 is 0 Å². The average Bonchev–Trinajstić information content (AvgIpc) is 2.69. The van der Waals surface area contributed by atoms with Crippen LogP contribution in [0.5, 0.6) is 0 Å². The van der Waals surface area contributed by atoms with E-state index in [4.69, 9.17) is 5.73 Å². The molecule has 3 atom stereocenters. The quantitative estimate of drug-likeness (QED) is 0.681. The minimum atomic E-state index is 0.501. The van der Waals surface area contributed by atoms with E-state index in [1.165, 1.54) is 51.6 Å². The van der Waals surface area contributed by atoms with Crippen LogP contribution in [0.1, 0.15) is 45.4 Å². The number of rotatable bonds is 5. The van der Waals surface area contributed by atoms with Crippen LogP contribution in [0.25, 0.3) is 0 Å². The van der Waals surface area contributed by atoms with Gasteiger partial charge in [0, 0.05) is 18.6 Å². The normalized spacial score (nSPS) is 36.9.